The monoisotopic (exact) mass is 624 g/mol. The maximum atomic E-state index is 14.1. The Bertz CT molecular complexity index is 1630. The van der Waals surface area contributed by atoms with Crippen LogP contribution in [0.2, 0.25) is 5.02 Å². The standard InChI is InChI=1S/C25H24ClFN6O3.C2HF3O2/c1-32-21-11-19(25(34)35)30-12-20(21)31-22(32)13-33-8-4-15(5-9-33)23-24(29-7-6-28-23)36-14-16-2-3-17(26)10-18(16)27;3-2(4,5)1(6)7/h2-3,6-7,10-12,15H,4-5,8-9,13-14H2,1H3,(H,34,35);(H,6,7). The first-order valence-electron chi connectivity index (χ1n) is 12.8. The molecular formula is C27H25ClF4N6O5. The van der Waals surface area contributed by atoms with Crippen LogP contribution in [0, 0.1) is 5.82 Å². The van der Waals surface area contributed by atoms with Crippen molar-refractivity contribution in [3.63, 3.8) is 0 Å². The number of carboxylic acids is 2. The molecule has 1 saturated heterocycles. The Morgan fingerprint density at radius 2 is 1.77 bits per heavy atom. The summed E-state index contributed by atoms with van der Waals surface area (Å²) in [5.41, 5.74) is 2.59. The first-order valence-corrected chi connectivity index (χ1v) is 13.2. The molecule has 4 heterocycles. The van der Waals surface area contributed by atoms with Crippen LogP contribution in [0.15, 0.2) is 42.9 Å². The molecule has 0 atom stereocenters. The van der Waals surface area contributed by atoms with Crippen LogP contribution in [0.3, 0.4) is 0 Å². The van der Waals surface area contributed by atoms with Gasteiger partial charge in [0.1, 0.15) is 35.2 Å². The molecule has 0 unspecified atom stereocenters. The third-order valence-electron chi connectivity index (χ3n) is 6.73. The van der Waals surface area contributed by atoms with Crippen molar-refractivity contribution < 1.29 is 42.1 Å². The molecule has 5 rings (SSSR count). The Labute approximate surface area is 246 Å². The highest BCUT2D eigenvalue weighted by molar-refractivity contribution is 6.30. The minimum Gasteiger partial charge on any atom is -0.477 e. The Morgan fingerprint density at radius 1 is 1.09 bits per heavy atom. The lowest BCUT2D eigenvalue weighted by molar-refractivity contribution is -0.192. The molecule has 1 fully saturated rings. The third kappa shape index (κ3) is 7.93. The largest absolute Gasteiger partial charge is 0.490 e. The number of imidazole rings is 1. The van der Waals surface area contributed by atoms with Crippen molar-refractivity contribution in [3.8, 4) is 5.88 Å². The van der Waals surface area contributed by atoms with Gasteiger partial charge in [-0.15, -0.1) is 0 Å². The molecule has 16 heteroatoms. The van der Waals surface area contributed by atoms with Crippen LogP contribution in [-0.4, -0.2) is 70.8 Å². The summed E-state index contributed by atoms with van der Waals surface area (Å²) < 4.78 is 53.7. The number of fused-ring (bicyclic) bond motifs is 1. The summed E-state index contributed by atoms with van der Waals surface area (Å²) in [6.07, 6.45) is 1.36. The number of aromatic carboxylic acids is 1. The molecule has 3 aromatic heterocycles. The molecule has 0 spiro atoms. The molecule has 228 valence electrons. The number of piperidine rings is 1. The molecule has 2 N–H and O–H groups in total. The van der Waals surface area contributed by atoms with Gasteiger partial charge in [-0.1, -0.05) is 17.7 Å². The van der Waals surface area contributed by atoms with E-state index in [1.165, 1.54) is 12.3 Å². The first kappa shape index (κ1) is 31.6. The normalized spacial score (nSPS) is 14.3. The van der Waals surface area contributed by atoms with Gasteiger partial charge in [0.25, 0.3) is 0 Å². The smallest absolute Gasteiger partial charge is 0.477 e. The van der Waals surface area contributed by atoms with E-state index in [-0.39, 0.29) is 18.2 Å². The van der Waals surface area contributed by atoms with E-state index < -0.39 is 23.9 Å². The highest BCUT2D eigenvalue weighted by atomic mass is 35.5. The molecule has 1 aliphatic rings. The van der Waals surface area contributed by atoms with E-state index in [9.17, 15) is 27.5 Å². The van der Waals surface area contributed by atoms with E-state index in [1.54, 1.807) is 30.6 Å². The molecule has 0 radical (unpaired) electrons. The van der Waals surface area contributed by atoms with Gasteiger partial charge in [-0.3, -0.25) is 9.88 Å². The van der Waals surface area contributed by atoms with Gasteiger partial charge in [-0.2, -0.15) is 13.2 Å². The predicted molar refractivity (Wildman–Crippen MR) is 144 cm³/mol. The summed E-state index contributed by atoms with van der Waals surface area (Å²) >= 11 is 5.83. The van der Waals surface area contributed by atoms with Crippen LogP contribution in [0.4, 0.5) is 17.6 Å². The van der Waals surface area contributed by atoms with Crippen LogP contribution in [-0.2, 0) is 25.0 Å². The maximum absolute atomic E-state index is 14.1. The number of likely N-dealkylation sites (tertiary alicyclic amines) is 1. The molecule has 4 aromatic rings. The minimum absolute atomic E-state index is 0.00124. The molecule has 1 aromatic carbocycles. The van der Waals surface area contributed by atoms with Gasteiger partial charge in [-0.25, -0.2) is 28.9 Å². The second kappa shape index (κ2) is 13.3. The number of halogens is 5. The lowest BCUT2D eigenvalue weighted by atomic mass is 9.93. The zero-order chi connectivity index (χ0) is 31.3. The minimum atomic E-state index is -5.08. The number of pyridine rings is 1. The number of nitrogens with zero attached hydrogens (tertiary/aromatic N) is 6. The molecule has 11 nitrogen and oxygen atoms in total. The second-order valence-corrected chi connectivity index (χ2v) is 10.0. The molecular weight excluding hydrogens is 600 g/mol. The van der Waals surface area contributed by atoms with Crippen LogP contribution in [0.1, 0.15) is 46.3 Å². The number of carbonyl (C=O) groups is 2. The fraction of sp³-hybridized carbons (Fsp3) is 0.333. The number of rotatable bonds is 7. The summed E-state index contributed by atoms with van der Waals surface area (Å²) in [5.74, 6) is -2.80. The zero-order valence-corrected chi connectivity index (χ0v) is 23.3. The van der Waals surface area contributed by atoms with Gasteiger partial charge in [0.05, 0.1) is 18.3 Å². The SMILES string of the molecule is Cn1c(CN2CCC(c3nccnc3OCc3ccc(Cl)cc3F)CC2)nc2cnc(C(=O)O)cc21.O=C(O)C(F)(F)F. The van der Waals surface area contributed by atoms with Gasteiger partial charge in [0, 0.05) is 35.9 Å². The number of hydrogen-bond acceptors (Lipinski definition) is 8. The van der Waals surface area contributed by atoms with Crippen LogP contribution in [0.5, 0.6) is 5.88 Å². The summed E-state index contributed by atoms with van der Waals surface area (Å²) in [6, 6.07) is 6.04. The Morgan fingerprint density at radius 3 is 2.40 bits per heavy atom. The fourth-order valence-electron chi connectivity index (χ4n) is 4.48. The van der Waals surface area contributed by atoms with Crippen molar-refractivity contribution in [3.05, 3.63) is 76.5 Å². The number of benzene rings is 1. The second-order valence-electron chi connectivity index (χ2n) is 9.57. The summed E-state index contributed by atoms with van der Waals surface area (Å²) in [7, 11) is 1.88. The molecule has 0 saturated carbocycles. The average molecular weight is 625 g/mol. The maximum Gasteiger partial charge on any atom is 0.490 e. The molecule has 0 aliphatic carbocycles. The van der Waals surface area contributed by atoms with Crippen molar-refractivity contribution in [2.24, 2.45) is 7.05 Å². The Kier molecular flexibility index (Phi) is 9.76. The van der Waals surface area contributed by atoms with Crippen molar-refractivity contribution in [1.29, 1.82) is 0 Å². The van der Waals surface area contributed by atoms with Crippen LogP contribution >= 0.6 is 11.6 Å². The number of aliphatic carboxylic acids is 1. The van der Waals surface area contributed by atoms with E-state index in [4.69, 9.17) is 26.2 Å². The summed E-state index contributed by atoms with van der Waals surface area (Å²) in [4.78, 5) is 40.0. The van der Waals surface area contributed by atoms with Crippen LogP contribution < -0.4 is 4.74 Å². The number of aryl methyl sites for hydroxylation is 1. The number of ether oxygens (including phenoxy) is 1. The lowest BCUT2D eigenvalue weighted by Crippen LogP contribution is -2.33. The number of alkyl halides is 3. The zero-order valence-electron chi connectivity index (χ0n) is 22.6. The lowest BCUT2D eigenvalue weighted by Gasteiger charge is -2.31. The third-order valence-corrected chi connectivity index (χ3v) is 6.97. The van der Waals surface area contributed by atoms with Crippen molar-refractivity contribution in [1.82, 2.24) is 29.4 Å². The van der Waals surface area contributed by atoms with E-state index in [2.05, 4.69) is 24.8 Å². The Balaban J connectivity index is 0.000000541. The number of carboxylic acid groups (broad SMARTS) is 2. The van der Waals surface area contributed by atoms with E-state index in [1.807, 2.05) is 11.6 Å². The van der Waals surface area contributed by atoms with Gasteiger partial charge in [0.15, 0.2) is 0 Å². The highest BCUT2D eigenvalue weighted by Gasteiger charge is 2.38. The summed E-state index contributed by atoms with van der Waals surface area (Å²) in [6.45, 7) is 2.33. The van der Waals surface area contributed by atoms with Crippen LogP contribution in [0.25, 0.3) is 11.0 Å². The highest BCUT2D eigenvalue weighted by Crippen LogP contribution is 2.32. The first-order chi connectivity index (χ1) is 20.3. The topological polar surface area (TPSA) is 144 Å². The molecule has 0 amide bonds. The molecule has 43 heavy (non-hydrogen) atoms. The van der Waals surface area contributed by atoms with E-state index >= 15 is 0 Å². The van der Waals surface area contributed by atoms with E-state index in [0.717, 1.165) is 43.0 Å². The predicted octanol–water partition coefficient (Wildman–Crippen LogP) is 4.84. The average Bonchev–Trinajstić information content (AvgIpc) is 3.27. The van der Waals surface area contributed by atoms with Gasteiger partial charge in [0.2, 0.25) is 5.88 Å². The van der Waals surface area contributed by atoms with Gasteiger partial charge in [-0.05, 0) is 44.1 Å². The Hall–Kier alpha value is -4.37. The quantitative estimate of drug-likeness (QED) is 0.274. The van der Waals surface area contributed by atoms with E-state index in [0.29, 0.717) is 28.5 Å². The van der Waals surface area contributed by atoms with Crippen molar-refractivity contribution in [2.75, 3.05) is 13.1 Å². The fourth-order valence-corrected chi connectivity index (χ4v) is 4.64. The number of aromatic nitrogens is 5. The molecule has 1 aliphatic heterocycles. The van der Waals surface area contributed by atoms with Gasteiger partial charge >= 0.3 is 18.1 Å². The molecule has 0 bridgehead atoms. The van der Waals surface area contributed by atoms with Crippen molar-refractivity contribution in [2.45, 2.75) is 38.1 Å². The summed E-state index contributed by atoms with van der Waals surface area (Å²) in [5, 5.41) is 16.7. The van der Waals surface area contributed by atoms with Gasteiger partial charge < -0.3 is 19.5 Å². The number of hydrogen-bond donors (Lipinski definition) is 2. The van der Waals surface area contributed by atoms with Crippen molar-refractivity contribution >= 4 is 34.6 Å².